The van der Waals surface area contributed by atoms with E-state index in [0.29, 0.717) is 0 Å². The molecule has 1 aromatic heterocycles. The van der Waals surface area contributed by atoms with Gasteiger partial charge in [0.2, 0.25) is 5.88 Å². The van der Waals surface area contributed by atoms with E-state index in [4.69, 9.17) is 9.47 Å². The lowest BCUT2D eigenvalue weighted by Gasteiger charge is -2.42. The number of non-ortho nitro benzene ring substituents is 1. The van der Waals surface area contributed by atoms with Crippen LogP contribution < -0.4 is 9.47 Å². The minimum Gasteiger partial charge on any atom is -0.430 e. The molecule has 0 spiro atoms. The van der Waals surface area contributed by atoms with Gasteiger partial charge in [0.15, 0.2) is 0 Å². The number of benzene rings is 1. The maximum atomic E-state index is 12.5. The van der Waals surface area contributed by atoms with E-state index >= 15 is 0 Å². The van der Waals surface area contributed by atoms with Crippen molar-refractivity contribution in [1.29, 1.82) is 0 Å². The zero-order chi connectivity index (χ0) is 21.2. The number of hydrogen-bond donors (Lipinski definition) is 1. The van der Waals surface area contributed by atoms with Crippen molar-refractivity contribution in [1.82, 2.24) is 4.98 Å². The summed E-state index contributed by atoms with van der Waals surface area (Å²) in [6, 6.07) is 7.25. The molecule has 0 atom stereocenters. The normalized spacial score (nSPS) is 21.0. The Hall–Kier alpha value is -3.41. The minimum absolute atomic E-state index is 0.00306. The maximum Gasteiger partial charge on any atom is 0.574 e. The third-order valence-electron chi connectivity index (χ3n) is 4.13. The first-order valence-electron chi connectivity index (χ1n) is 8.12. The number of pyridine rings is 1. The summed E-state index contributed by atoms with van der Waals surface area (Å²) in [7, 11) is 0. The summed E-state index contributed by atoms with van der Waals surface area (Å²) in [6.45, 7) is 0. The zero-order valence-electron chi connectivity index (χ0n) is 14.5. The molecule has 0 aliphatic heterocycles. The Morgan fingerprint density at radius 3 is 2.48 bits per heavy atom. The first kappa shape index (κ1) is 20.3. The van der Waals surface area contributed by atoms with Crippen molar-refractivity contribution in [2.75, 3.05) is 0 Å². The Balaban J connectivity index is 1.58. The number of nitrogens with zero attached hydrogens (tertiary/aromatic N) is 2. The van der Waals surface area contributed by atoms with Gasteiger partial charge in [-0.2, -0.15) is 0 Å². The number of carbonyl (C=O) groups excluding carboxylic acids is 1. The van der Waals surface area contributed by atoms with Gasteiger partial charge in [0.1, 0.15) is 17.5 Å². The minimum atomic E-state index is -4.98. The van der Waals surface area contributed by atoms with Crippen molar-refractivity contribution < 1.29 is 42.2 Å². The van der Waals surface area contributed by atoms with Gasteiger partial charge in [-0.25, -0.2) is 9.78 Å². The molecule has 3 rings (SSSR count). The fourth-order valence-electron chi connectivity index (χ4n) is 2.82. The van der Waals surface area contributed by atoms with E-state index in [1.54, 1.807) is 0 Å². The lowest BCUT2D eigenvalue weighted by Crippen LogP contribution is -2.47. The Morgan fingerprint density at radius 1 is 1.24 bits per heavy atom. The van der Waals surface area contributed by atoms with Crippen LogP contribution in [0.5, 0.6) is 11.6 Å². The molecule has 12 heteroatoms. The van der Waals surface area contributed by atoms with Crippen molar-refractivity contribution >= 4 is 11.8 Å². The van der Waals surface area contributed by atoms with E-state index in [-0.39, 0.29) is 29.8 Å². The van der Waals surface area contributed by atoms with Crippen LogP contribution in [-0.4, -0.2) is 33.6 Å². The van der Waals surface area contributed by atoms with Gasteiger partial charge in [-0.1, -0.05) is 0 Å². The number of hydrogen-bond acceptors (Lipinski definition) is 8. The van der Waals surface area contributed by atoms with Crippen LogP contribution in [0, 0.1) is 10.1 Å². The summed E-state index contributed by atoms with van der Waals surface area (Å²) in [4.78, 5) is 25.2. The maximum absolute atomic E-state index is 12.5. The third kappa shape index (κ3) is 4.90. The number of rotatable bonds is 5. The van der Waals surface area contributed by atoms with Crippen molar-refractivity contribution in [3.63, 3.8) is 0 Å². The second kappa shape index (κ2) is 7.54. The van der Waals surface area contributed by atoms with E-state index in [0.717, 1.165) is 18.3 Å². The zero-order valence-corrected chi connectivity index (χ0v) is 14.5. The topological polar surface area (TPSA) is 121 Å². The highest BCUT2D eigenvalue weighted by Gasteiger charge is 2.49. The first-order valence-corrected chi connectivity index (χ1v) is 8.12. The second-order valence-electron chi connectivity index (χ2n) is 6.19. The quantitative estimate of drug-likeness (QED) is 0.342. The molecule has 0 radical (unpaired) electrons. The van der Waals surface area contributed by atoms with Crippen LogP contribution in [0.25, 0.3) is 0 Å². The molecule has 1 aliphatic carbocycles. The predicted octanol–water partition coefficient (Wildman–Crippen LogP) is 3.45. The van der Waals surface area contributed by atoms with Crippen molar-refractivity contribution in [3.8, 4) is 11.6 Å². The molecule has 0 unspecified atom stereocenters. The lowest BCUT2D eigenvalue weighted by atomic mass is 9.73. The smallest absolute Gasteiger partial charge is 0.430 e. The highest BCUT2D eigenvalue weighted by molar-refractivity contribution is 5.64. The molecule has 1 N–H and O–H groups in total. The number of ether oxygens (including phenoxy) is 3. The monoisotopic (exact) mass is 414 g/mol. The fraction of sp³-hybridized carbons (Fsp3) is 0.294. The number of nitro groups is 1. The van der Waals surface area contributed by atoms with E-state index in [2.05, 4.69) is 9.72 Å². The summed E-state index contributed by atoms with van der Waals surface area (Å²) >= 11 is 0. The van der Waals surface area contributed by atoms with Crippen LogP contribution in [0.1, 0.15) is 18.4 Å². The number of aromatic nitrogens is 1. The molecule has 1 heterocycles. The summed E-state index contributed by atoms with van der Waals surface area (Å²) in [5.41, 5.74) is -2.09. The third-order valence-corrected chi connectivity index (χ3v) is 4.13. The fourth-order valence-corrected chi connectivity index (χ4v) is 2.82. The molecule has 2 aromatic rings. The molecule has 1 aromatic carbocycles. The average Bonchev–Trinajstić information content (AvgIpc) is 2.59. The number of aliphatic hydroxyl groups is 1. The number of alkyl halides is 3. The number of nitro benzene ring substituents is 1. The summed E-state index contributed by atoms with van der Waals surface area (Å²) in [5.74, 6) is -0.780. The van der Waals surface area contributed by atoms with Gasteiger partial charge in [-0.05, 0) is 24.3 Å². The molecule has 0 bridgehead atoms. The van der Waals surface area contributed by atoms with Gasteiger partial charge in [0.05, 0.1) is 4.92 Å². The van der Waals surface area contributed by atoms with Crippen LogP contribution in [-0.2, 0) is 10.3 Å². The van der Waals surface area contributed by atoms with Gasteiger partial charge in [-0.3, -0.25) is 10.1 Å². The molecule has 1 saturated carbocycles. The standard InChI is InChI=1S/C17H13F3N2O7/c18-17(19,20)29-14-13(2-1-7-21-14)16(24)8-12(9-16)28-15(23)27-11-5-3-10(4-6-11)22(25)26/h1-7,12,24H,8-9H2. The van der Waals surface area contributed by atoms with Gasteiger partial charge in [0, 0.05) is 36.7 Å². The molecule has 9 nitrogen and oxygen atoms in total. The molecular formula is C17H13F3N2O7. The van der Waals surface area contributed by atoms with Crippen molar-refractivity contribution in [3.05, 3.63) is 58.3 Å². The molecule has 1 fully saturated rings. The highest BCUT2D eigenvalue weighted by Crippen LogP contribution is 2.46. The van der Waals surface area contributed by atoms with Crippen LogP contribution in [0.4, 0.5) is 23.7 Å². The van der Waals surface area contributed by atoms with Gasteiger partial charge in [-0.15, -0.1) is 13.2 Å². The Labute approximate surface area is 160 Å². The number of halogens is 3. The van der Waals surface area contributed by atoms with Crippen molar-refractivity contribution in [2.24, 2.45) is 0 Å². The van der Waals surface area contributed by atoms with Gasteiger partial charge < -0.3 is 19.3 Å². The van der Waals surface area contributed by atoms with Gasteiger partial charge in [0.25, 0.3) is 5.69 Å². The van der Waals surface area contributed by atoms with E-state index in [1.165, 1.54) is 24.3 Å². The Kier molecular flexibility index (Phi) is 5.29. The summed E-state index contributed by atoms with van der Waals surface area (Å²) in [6.07, 6.45) is -6.21. The summed E-state index contributed by atoms with van der Waals surface area (Å²) in [5, 5.41) is 21.1. The van der Waals surface area contributed by atoms with Crippen LogP contribution >= 0.6 is 0 Å². The van der Waals surface area contributed by atoms with Gasteiger partial charge >= 0.3 is 12.5 Å². The van der Waals surface area contributed by atoms with E-state index in [9.17, 15) is 33.2 Å². The second-order valence-corrected chi connectivity index (χ2v) is 6.19. The van der Waals surface area contributed by atoms with Crippen LogP contribution in [0.2, 0.25) is 0 Å². The Bertz CT molecular complexity index is 912. The Morgan fingerprint density at radius 2 is 1.90 bits per heavy atom. The highest BCUT2D eigenvalue weighted by atomic mass is 19.4. The molecular weight excluding hydrogens is 401 g/mol. The van der Waals surface area contributed by atoms with Crippen LogP contribution in [0.15, 0.2) is 42.6 Å². The van der Waals surface area contributed by atoms with Crippen molar-refractivity contribution in [2.45, 2.75) is 30.9 Å². The molecule has 0 amide bonds. The molecule has 0 saturated heterocycles. The molecule has 29 heavy (non-hydrogen) atoms. The summed E-state index contributed by atoms with van der Waals surface area (Å²) < 4.78 is 51.1. The van der Waals surface area contributed by atoms with E-state index < -0.39 is 35.0 Å². The number of carbonyl (C=O) groups is 1. The predicted molar refractivity (Wildman–Crippen MR) is 88.0 cm³/mol. The largest absolute Gasteiger partial charge is 0.574 e. The SMILES string of the molecule is O=C(Oc1ccc([N+](=O)[O-])cc1)OC1CC(O)(c2cccnc2OC(F)(F)F)C1. The van der Waals surface area contributed by atoms with E-state index in [1.807, 2.05) is 0 Å². The lowest BCUT2D eigenvalue weighted by molar-refractivity contribution is -0.384. The first-order chi connectivity index (χ1) is 13.6. The molecule has 1 aliphatic rings. The molecule has 154 valence electrons. The average molecular weight is 414 g/mol. The van der Waals surface area contributed by atoms with Crippen LogP contribution in [0.3, 0.4) is 0 Å².